The number of nitrogens with one attached hydrogen (secondary N) is 4. The molecule has 26 heavy (non-hydrogen) atoms. The Morgan fingerprint density at radius 1 is 1.23 bits per heavy atom. The number of aromatic nitrogens is 1. The molecule has 1 aromatic carbocycles. The van der Waals surface area contributed by atoms with Gasteiger partial charge in [-0.15, -0.1) is 11.3 Å². The van der Waals surface area contributed by atoms with Gasteiger partial charge < -0.3 is 15.6 Å². The Morgan fingerprint density at radius 2 is 2.08 bits per heavy atom. The second-order valence-electron chi connectivity index (χ2n) is 7.09. The van der Waals surface area contributed by atoms with Gasteiger partial charge in [0.05, 0.1) is 4.88 Å². The van der Waals surface area contributed by atoms with E-state index < -0.39 is 0 Å². The molecule has 2 aromatic heterocycles. The topological polar surface area (TPSA) is 63.7 Å². The lowest BCUT2D eigenvalue weighted by Crippen LogP contribution is -2.32. The number of H-pyrrole nitrogens is 1. The van der Waals surface area contributed by atoms with Gasteiger partial charge in [0.1, 0.15) is 5.84 Å². The van der Waals surface area contributed by atoms with Crippen molar-refractivity contribution in [2.75, 3.05) is 11.9 Å². The second-order valence-corrected chi connectivity index (χ2v) is 8.04. The van der Waals surface area contributed by atoms with E-state index >= 15 is 0 Å². The molecule has 4 nitrogen and oxygen atoms in total. The molecule has 1 aliphatic rings. The highest BCUT2D eigenvalue weighted by atomic mass is 32.1. The number of thiophene rings is 1. The molecule has 0 atom stereocenters. The predicted molar refractivity (Wildman–Crippen MR) is 112 cm³/mol. The summed E-state index contributed by atoms with van der Waals surface area (Å²) < 4.78 is 0. The fourth-order valence-corrected chi connectivity index (χ4v) is 4.71. The van der Waals surface area contributed by atoms with Crippen molar-refractivity contribution in [3.63, 3.8) is 0 Å². The van der Waals surface area contributed by atoms with Crippen molar-refractivity contribution in [3.8, 4) is 0 Å². The maximum atomic E-state index is 8.25. The first-order chi connectivity index (χ1) is 12.7. The van der Waals surface area contributed by atoms with Gasteiger partial charge in [-0.25, -0.2) is 0 Å². The summed E-state index contributed by atoms with van der Waals surface area (Å²) in [7, 11) is 0. The fraction of sp³-hybridized carbons (Fsp3) is 0.381. The molecule has 5 heteroatoms. The molecule has 4 rings (SSSR count). The van der Waals surface area contributed by atoms with Crippen LogP contribution in [-0.4, -0.2) is 23.4 Å². The van der Waals surface area contributed by atoms with Crippen molar-refractivity contribution < 1.29 is 0 Å². The maximum absolute atomic E-state index is 8.25. The van der Waals surface area contributed by atoms with Crippen LogP contribution in [0.1, 0.15) is 49.0 Å². The van der Waals surface area contributed by atoms with E-state index in [1.807, 2.05) is 23.6 Å². The van der Waals surface area contributed by atoms with E-state index in [0.717, 1.165) is 17.1 Å². The van der Waals surface area contributed by atoms with Gasteiger partial charge >= 0.3 is 0 Å². The summed E-state index contributed by atoms with van der Waals surface area (Å²) in [6.07, 6.45) is 7.19. The third kappa shape index (κ3) is 3.55. The zero-order valence-electron chi connectivity index (χ0n) is 15.1. The molecule has 0 saturated heterocycles. The highest BCUT2D eigenvalue weighted by Crippen LogP contribution is 2.37. The minimum atomic E-state index is 0.461. The van der Waals surface area contributed by atoms with Crippen LogP contribution in [0.4, 0.5) is 5.69 Å². The summed E-state index contributed by atoms with van der Waals surface area (Å²) in [4.78, 5) is 4.39. The molecule has 0 spiro atoms. The first-order valence-electron chi connectivity index (χ1n) is 9.48. The smallest absolute Gasteiger partial charge is 0.140 e. The van der Waals surface area contributed by atoms with Crippen LogP contribution < -0.4 is 10.6 Å². The van der Waals surface area contributed by atoms with E-state index in [1.54, 1.807) is 11.3 Å². The lowest BCUT2D eigenvalue weighted by molar-refractivity contribution is 0.349. The summed E-state index contributed by atoms with van der Waals surface area (Å²) >= 11 is 1.59. The van der Waals surface area contributed by atoms with Gasteiger partial charge in [-0.1, -0.05) is 13.0 Å². The molecule has 2 heterocycles. The van der Waals surface area contributed by atoms with E-state index in [1.165, 1.54) is 42.1 Å². The van der Waals surface area contributed by atoms with Crippen molar-refractivity contribution in [2.45, 2.75) is 44.6 Å². The SMILES string of the molecule is CCN[C@H]1CC[C@H](c2c[nH]c3ccc(NC(=N)c4cccs4)cc32)CC1. The average Bonchev–Trinajstić information content (AvgIpc) is 3.32. The van der Waals surface area contributed by atoms with Gasteiger partial charge in [0.2, 0.25) is 0 Å². The highest BCUT2D eigenvalue weighted by molar-refractivity contribution is 7.12. The number of rotatable bonds is 5. The Bertz CT molecular complexity index is 873. The van der Waals surface area contributed by atoms with Crippen LogP contribution in [0.3, 0.4) is 0 Å². The van der Waals surface area contributed by atoms with Crippen molar-refractivity contribution in [1.82, 2.24) is 10.3 Å². The Balaban J connectivity index is 1.53. The zero-order valence-corrected chi connectivity index (χ0v) is 16.0. The van der Waals surface area contributed by atoms with Crippen LogP contribution in [0.25, 0.3) is 10.9 Å². The average molecular weight is 367 g/mol. The van der Waals surface area contributed by atoms with Crippen LogP contribution in [-0.2, 0) is 0 Å². The van der Waals surface area contributed by atoms with Gasteiger partial charge in [-0.2, -0.15) is 0 Å². The van der Waals surface area contributed by atoms with Crippen molar-refractivity contribution in [1.29, 1.82) is 5.41 Å². The predicted octanol–water partition coefficient (Wildman–Crippen LogP) is 5.30. The number of aromatic amines is 1. The molecule has 0 amide bonds. The number of fused-ring (bicyclic) bond motifs is 1. The molecule has 0 unspecified atom stereocenters. The van der Waals surface area contributed by atoms with E-state index in [-0.39, 0.29) is 0 Å². The Morgan fingerprint density at radius 3 is 2.81 bits per heavy atom. The fourth-order valence-electron chi connectivity index (χ4n) is 4.08. The van der Waals surface area contributed by atoms with Crippen molar-refractivity contribution in [2.24, 2.45) is 0 Å². The van der Waals surface area contributed by atoms with Crippen LogP contribution in [0.15, 0.2) is 41.9 Å². The van der Waals surface area contributed by atoms with Crippen LogP contribution in [0.5, 0.6) is 0 Å². The Kier molecular flexibility index (Phi) is 5.09. The third-order valence-electron chi connectivity index (χ3n) is 5.41. The summed E-state index contributed by atoms with van der Waals surface area (Å²) in [5.41, 5.74) is 3.60. The first kappa shape index (κ1) is 17.3. The highest BCUT2D eigenvalue weighted by Gasteiger charge is 2.23. The second kappa shape index (κ2) is 7.64. The molecule has 0 aliphatic heterocycles. The molecule has 1 fully saturated rings. The molecule has 0 bridgehead atoms. The third-order valence-corrected chi connectivity index (χ3v) is 6.30. The van der Waals surface area contributed by atoms with E-state index in [9.17, 15) is 0 Å². The van der Waals surface area contributed by atoms with Gasteiger partial charge in [0.15, 0.2) is 0 Å². The maximum Gasteiger partial charge on any atom is 0.140 e. The van der Waals surface area contributed by atoms with Crippen molar-refractivity contribution >= 4 is 33.8 Å². The molecule has 4 N–H and O–H groups in total. The largest absolute Gasteiger partial charge is 0.361 e. The molecular weight excluding hydrogens is 340 g/mol. The van der Waals surface area contributed by atoms with E-state index in [4.69, 9.17) is 5.41 Å². The molecule has 1 aliphatic carbocycles. The normalized spacial score (nSPS) is 20.3. The first-order valence-corrected chi connectivity index (χ1v) is 10.4. The number of hydrogen-bond donors (Lipinski definition) is 4. The summed E-state index contributed by atoms with van der Waals surface area (Å²) in [6.45, 7) is 3.25. The lowest BCUT2D eigenvalue weighted by Gasteiger charge is -2.29. The van der Waals surface area contributed by atoms with Crippen LogP contribution >= 0.6 is 11.3 Å². The number of hydrogen-bond acceptors (Lipinski definition) is 3. The number of anilines is 1. The summed E-state index contributed by atoms with van der Waals surface area (Å²) in [5, 5.41) is 18.4. The molecule has 1 saturated carbocycles. The van der Waals surface area contributed by atoms with Gasteiger partial charge in [0, 0.05) is 28.8 Å². The summed E-state index contributed by atoms with van der Waals surface area (Å²) in [5.74, 6) is 1.09. The van der Waals surface area contributed by atoms with Crippen LogP contribution in [0, 0.1) is 5.41 Å². The molecular formula is C21H26N4S. The quantitative estimate of drug-likeness (QED) is 0.366. The Hall–Kier alpha value is -2.11. The van der Waals surface area contributed by atoms with Crippen LogP contribution in [0.2, 0.25) is 0 Å². The molecule has 136 valence electrons. The van der Waals surface area contributed by atoms with E-state index in [0.29, 0.717) is 17.8 Å². The minimum Gasteiger partial charge on any atom is -0.361 e. The molecule has 3 aromatic rings. The zero-order chi connectivity index (χ0) is 17.9. The van der Waals surface area contributed by atoms with Gasteiger partial charge in [-0.05, 0) is 73.4 Å². The van der Waals surface area contributed by atoms with Gasteiger partial charge in [-0.3, -0.25) is 5.41 Å². The number of amidine groups is 1. The molecule has 0 radical (unpaired) electrons. The minimum absolute atomic E-state index is 0.461. The number of benzene rings is 1. The van der Waals surface area contributed by atoms with E-state index in [2.05, 4.69) is 40.9 Å². The monoisotopic (exact) mass is 366 g/mol. The van der Waals surface area contributed by atoms with Gasteiger partial charge in [0.25, 0.3) is 0 Å². The Labute approximate surface area is 158 Å². The summed E-state index contributed by atoms with van der Waals surface area (Å²) in [6, 6.07) is 11.0. The standard InChI is InChI=1S/C21H26N4S/c1-2-23-15-7-5-14(6-8-15)18-13-24-19-10-9-16(12-17(18)19)25-21(22)20-4-3-11-26-20/h3-4,9-15,23-24H,2,5-8H2,1H3,(H2,22,25)/t14-,15-. The lowest BCUT2D eigenvalue weighted by atomic mass is 9.81. The van der Waals surface area contributed by atoms with Crippen molar-refractivity contribution in [3.05, 3.63) is 52.3 Å².